The summed E-state index contributed by atoms with van der Waals surface area (Å²) >= 11 is 0. The van der Waals surface area contributed by atoms with Crippen molar-refractivity contribution in [2.45, 2.75) is 64.1 Å². The van der Waals surface area contributed by atoms with Gasteiger partial charge in [0.25, 0.3) is 11.8 Å². The fourth-order valence-corrected chi connectivity index (χ4v) is 3.82. The maximum absolute atomic E-state index is 13.0. The summed E-state index contributed by atoms with van der Waals surface area (Å²) in [5, 5.41) is 3.10. The molecule has 27 heavy (non-hydrogen) atoms. The first-order chi connectivity index (χ1) is 12.9. The van der Waals surface area contributed by atoms with E-state index in [-0.39, 0.29) is 23.5 Å². The van der Waals surface area contributed by atoms with Crippen molar-refractivity contribution < 1.29 is 19.1 Å². The molecule has 7 heteroatoms. The molecule has 2 amide bonds. The number of rotatable bonds is 6. The van der Waals surface area contributed by atoms with Crippen LogP contribution in [0.1, 0.15) is 73.1 Å². The number of fused-ring (bicyclic) bond motifs is 1. The molecule has 144 valence electrons. The summed E-state index contributed by atoms with van der Waals surface area (Å²) in [6.07, 6.45) is 3.47. The first-order valence-corrected chi connectivity index (χ1v) is 9.43. The van der Waals surface area contributed by atoms with Crippen LogP contribution < -0.4 is 0 Å². The van der Waals surface area contributed by atoms with Crippen molar-refractivity contribution in [1.82, 2.24) is 4.90 Å². The number of hydrogen-bond donors (Lipinski definition) is 0. The maximum atomic E-state index is 13.0. The second kappa shape index (κ2) is 7.58. The number of nitroso groups, excluding NO2 is 1. The second-order valence-electron chi connectivity index (χ2n) is 7.69. The Hall–Kier alpha value is -2.57. The summed E-state index contributed by atoms with van der Waals surface area (Å²) < 4.78 is 5.53. The Bertz CT molecular complexity index is 732. The third kappa shape index (κ3) is 3.63. The summed E-state index contributed by atoms with van der Waals surface area (Å²) in [6.45, 7) is 3.79. The van der Waals surface area contributed by atoms with Crippen LogP contribution in [0.2, 0.25) is 0 Å². The molecule has 2 aliphatic rings. The summed E-state index contributed by atoms with van der Waals surface area (Å²) in [5.41, 5.74) is -0.821. The van der Waals surface area contributed by atoms with E-state index in [2.05, 4.69) is 5.18 Å². The number of imide groups is 1. The molecule has 0 bridgehead atoms. The van der Waals surface area contributed by atoms with E-state index < -0.39 is 29.6 Å². The number of amides is 2. The van der Waals surface area contributed by atoms with E-state index in [9.17, 15) is 19.3 Å². The number of benzene rings is 1. The van der Waals surface area contributed by atoms with E-state index in [1.54, 1.807) is 24.3 Å². The number of ether oxygens (including phenoxy) is 1. The molecular weight excluding hydrogens is 348 g/mol. The summed E-state index contributed by atoms with van der Waals surface area (Å²) in [7, 11) is 0. The normalized spacial score (nSPS) is 19.7. The average molecular weight is 372 g/mol. The van der Waals surface area contributed by atoms with Crippen LogP contribution >= 0.6 is 0 Å². The zero-order valence-corrected chi connectivity index (χ0v) is 15.6. The fraction of sp³-hybridized carbons (Fsp3) is 0.550. The molecule has 0 unspecified atom stereocenters. The van der Waals surface area contributed by atoms with Gasteiger partial charge in [-0.3, -0.25) is 14.5 Å². The highest BCUT2D eigenvalue weighted by Crippen LogP contribution is 2.35. The third-order valence-electron chi connectivity index (χ3n) is 5.20. The Morgan fingerprint density at radius 2 is 1.67 bits per heavy atom. The second-order valence-corrected chi connectivity index (χ2v) is 7.69. The maximum Gasteiger partial charge on any atom is 0.331 e. The Morgan fingerprint density at radius 1 is 1.11 bits per heavy atom. The van der Waals surface area contributed by atoms with Gasteiger partial charge in [0.15, 0.2) is 0 Å². The molecule has 0 spiro atoms. The standard InChI is InChI=1S/C20H24N2O5/c1-13(2)12-16(19(25)27-20(21-26)10-6-3-7-11-20)22-17(23)14-8-4-5-9-15(14)18(22)24/h4-5,8-9,13,16H,3,6-7,10-12H2,1-2H3/t16-/m0/s1. The molecule has 1 fully saturated rings. The largest absolute Gasteiger partial charge is 0.432 e. The van der Waals surface area contributed by atoms with E-state index in [0.29, 0.717) is 12.8 Å². The van der Waals surface area contributed by atoms with Crippen LogP contribution in [0.3, 0.4) is 0 Å². The lowest BCUT2D eigenvalue weighted by molar-refractivity contribution is -0.168. The van der Waals surface area contributed by atoms with E-state index in [1.165, 1.54) is 0 Å². The highest BCUT2D eigenvalue weighted by Gasteiger charge is 2.46. The van der Waals surface area contributed by atoms with Crippen molar-refractivity contribution in [2.75, 3.05) is 0 Å². The number of carbonyl (C=O) groups is 3. The zero-order chi connectivity index (χ0) is 19.6. The van der Waals surface area contributed by atoms with E-state index in [0.717, 1.165) is 24.2 Å². The minimum Gasteiger partial charge on any atom is -0.432 e. The van der Waals surface area contributed by atoms with Crippen LogP contribution in [-0.4, -0.2) is 34.5 Å². The van der Waals surface area contributed by atoms with Gasteiger partial charge in [-0.1, -0.05) is 32.4 Å². The van der Waals surface area contributed by atoms with Crippen LogP contribution in [0.25, 0.3) is 0 Å². The van der Waals surface area contributed by atoms with Crippen LogP contribution in [-0.2, 0) is 9.53 Å². The van der Waals surface area contributed by atoms with Crippen molar-refractivity contribution in [3.8, 4) is 0 Å². The van der Waals surface area contributed by atoms with Gasteiger partial charge in [-0.2, -0.15) is 0 Å². The summed E-state index contributed by atoms with van der Waals surface area (Å²) in [6, 6.07) is 5.43. The molecule has 1 aliphatic carbocycles. The van der Waals surface area contributed by atoms with Crippen molar-refractivity contribution in [2.24, 2.45) is 11.1 Å². The highest BCUT2D eigenvalue weighted by atomic mass is 16.6. The number of esters is 1. The van der Waals surface area contributed by atoms with Gasteiger partial charge in [-0.25, -0.2) is 4.79 Å². The van der Waals surface area contributed by atoms with E-state index in [4.69, 9.17) is 4.74 Å². The molecule has 1 aliphatic heterocycles. The monoisotopic (exact) mass is 372 g/mol. The van der Waals surface area contributed by atoms with Crippen LogP contribution in [0, 0.1) is 10.8 Å². The Labute approximate surface area is 158 Å². The van der Waals surface area contributed by atoms with Gasteiger partial charge in [0.2, 0.25) is 5.72 Å². The van der Waals surface area contributed by atoms with Crippen molar-refractivity contribution in [3.05, 3.63) is 40.3 Å². The Balaban J connectivity index is 1.88. The van der Waals surface area contributed by atoms with Gasteiger partial charge in [0.1, 0.15) is 6.04 Å². The molecule has 7 nitrogen and oxygen atoms in total. The van der Waals surface area contributed by atoms with Crippen LogP contribution in [0.5, 0.6) is 0 Å². The molecule has 3 rings (SSSR count). The Kier molecular flexibility index (Phi) is 5.39. The van der Waals surface area contributed by atoms with Gasteiger partial charge in [0.05, 0.1) is 11.1 Å². The van der Waals surface area contributed by atoms with Gasteiger partial charge < -0.3 is 4.74 Å². The lowest BCUT2D eigenvalue weighted by Gasteiger charge is -2.33. The topological polar surface area (TPSA) is 93.1 Å². The summed E-state index contributed by atoms with van der Waals surface area (Å²) in [5.74, 6) is -1.71. The SMILES string of the molecule is CC(C)C[C@@H](C(=O)OC1(N=O)CCCCC1)N1C(=O)c2ccccc2C1=O. The molecule has 1 atom stereocenters. The van der Waals surface area contributed by atoms with Crippen LogP contribution in [0.4, 0.5) is 0 Å². The Morgan fingerprint density at radius 3 is 2.15 bits per heavy atom. The minimum absolute atomic E-state index is 0.0401. The van der Waals surface area contributed by atoms with E-state index in [1.807, 2.05) is 13.8 Å². The predicted octanol–water partition coefficient (Wildman–Crippen LogP) is 3.67. The number of nitrogens with zero attached hydrogens (tertiary/aromatic N) is 2. The molecule has 0 radical (unpaired) electrons. The third-order valence-corrected chi connectivity index (χ3v) is 5.20. The summed E-state index contributed by atoms with van der Waals surface area (Å²) in [4.78, 5) is 50.9. The van der Waals surface area contributed by atoms with Gasteiger partial charge in [-0.05, 0) is 42.5 Å². The first kappa shape index (κ1) is 19.2. The smallest absolute Gasteiger partial charge is 0.331 e. The zero-order valence-electron chi connectivity index (χ0n) is 15.6. The van der Waals surface area contributed by atoms with Gasteiger partial charge in [0, 0.05) is 12.8 Å². The molecule has 0 aromatic heterocycles. The molecule has 0 N–H and O–H groups in total. The molecule has 1 aromatic rings. The first-order valence-electron chi connectivity index (χ1n) is 9.43. The molecule has 1 heterocycles. The minimum atomic E-state index is -1.39. The molecular formula is C20H24N2O5. The van der Waals surface area contributed by atoms with Crippen molar-refractivity contribution in [1.29, 1.82) is 0 Å². The van der Waals surface area contributed by atoms with Gasteiger partial charge >= 0.3 is 5.97 Å². The highest BCUT2D eigenvalue weighted by molar-refractivity contribution is 6.22. The van der Waals surface area contributed by atoms with Crippen LogP contribution in [0.15, 0.2) is 29.4 Å². The lowest BCUT2D eigenvalue weighted by atomic mass is 9.92. The molecule has 1 aromatic carbocycles. The molecule has 0 saturated heterocycles. The number of hydrogen-bond acceptors (Lipinski definition) is 6. The number of carbonyl (C=O) groups excluding carboxylic acids is 3. The molecule has 1 saturated carbocycles. The average Bonchev–Trinajstić information content (AvgIpc) is 2.91. The van der Waals surface area contributed by atoms with Gasteiger partial charge in [-0.15, -0.1) is 4.91 Å². The fourth-order valence-electron chi connectivity index (χ4n) is 3.82. The quantitative estimate of drug-likeness (QED) is 0.431. The van der Waals surface area contributed by atoms with Crippen molar-refractivity contribution in [3.63, 3.8) is 0 Å². The lowest BCUT2D eigenvalue weighted by Crippen LogP contribution is -2.49. The predicted molar refractivity (Wildman–Crippen MR) is 97.9 cm³/mol. The van der Waals surface area contributed by atoms with Crippen molar-refractivity contribution >= 4 is 17.8 Å². The van der Waals surface area contributed by atoms with E-state index >= 15 is 0 Å².